The van der Waals surface area contributed by atoms with E-state index in [1.54, 1.807) is 0 Å². The summed E-state index contributed by atoms with van der Waals surface area (Å²) in [5.74, 6) is 2.09. The largest absolute Gasteiger partial charge is 0.368 e. The van der Waals surface area contributed by atoms with Gasteiger partial charge in [-0.3, -0.25) is 0 Å². The number of hydrogen-bond donors (Lipinski definition) is 1. The van der Waals surface area contributed by atoms with Crippen LogP contribution in [0.25, 0.3) is 5.52 Å². The van der Waals surface area contributed by atoms with Crippen LogP contribution in [-0.4, -0.2) is 46.2 Å². The molecule has 0 aromatic carbocycles. The van der Waals surface area contributed by atoms with Crippen molar-refractivity contribution in [2.45, 2.75) is 32.6 Å². The van der Waals surface area contributed by atoms with E-state index in [1.807, 2.05) is 16.9 Å². The normalized spacial score (nSPS) is 20.3. The van der Waals surface area contributed by atoms with Crippen LogP contribution in [0.1, 0.15) is 38.3 Å². The molecule has 2 aromatic rings. The lowest BCUT2D eigenvalue weighted by Crippen LogP contribution is -2.35. The van der Waals surface area contributed by atoms with Crippen molar-refractivity contribution >= 4 is 11.3 Å². The Kier molecular flexibility index (Phi) is 4.10. The first-order chi connectivity index (χ1) is 10.1. The summed E-state index contributed by atoms with van der Waals surface area (Å²) in [6.07, 6.45) is 6.34. The zero-order valence-electron chi connectivity index (χ0n) is 13.2. The van der Waals surface area contributed by atoms with Crippen molar-refractivity contribution in [1.82, 2.24) is 19.5 Å². The average Bonchev–Trinajstić information content (AvgIpc) is 2.90. The summed E-state index contributed by atoms with van der Waals surface area (Å²) in [5.41, 5.74) is 2.19. The van der Waals surface area contributed by atoms with Crippen LogP contribution in [0.15, 0.2) is 18.5 Å². The Labute approximate surface area is 126 Å². The zero-order chi connectivity index (χ0) is 14.8. The van der Waals surface area contributed by atoms with Crippen molar-refractivity contribution in [2.24, 2.45) is 5.92 Å². The number of likely N-dealkylation sites (tertiary alicyclic amines) is 1. The highest BCUT2D eigenvalue weighted by Crippen LogP contribution is 2.21. The molecule has 5 heteroatoms. The van der Waals surface area contributed by atoms with Crippen LogP contribution >= 0.6 is 0 Å². The molecule has 1 N–H and O–H groups in total. The average molecular weight is 287 g/mol. The number of nitrogens with one attached hydrogen (secondary N) is 1. The Hall–Kier alpha value is -1.62. The van der Waals surface area contributed by atoms with Crippen LogP contribution in [-0.2, 0) is 0 Å². The molecule has 3 heterocycles. The maximum atomic E-state index is 4.61. The minimum atomic E-state index is 0.435. The summed E-state index contributed by atoms with van der Waals surface area (Å²) in [7, 11) is 2.21. The highest BCUT2D eigenvalue weighted by atomic mass is 15.2. The summed E-state index contributed by atoms with van der Waals surface area (Å²) in [4.78, 5) is 6.91. The number of fused-ring (bicyclic) bond motifs is 1. The van der Waals surface area contributed by atoms with Gasteiger partial charge in [0.25, 0.3) is 0 Å². The van der Waals surface area contributed by atoms with Crippen LogP contribution in [0.5, 0.6) is 0 Å². The van der Waals surface area contributed by atoms with Crippen molar-refractivity contribution in [1.29, 1.82) is 0 Å². The van der Waals surface area contributed by atoms with E-state index < -0.39 is 0 Å². The third-order valence-electron chi connectivity index (χ3n) is 4.28. The van der Waals surface area contributed by atoms with Gasteiger partial charge in [0.2, 0.25) is 0 Å². The van der Waals surface area contributed by atoms with Gasteiger partial charge in [-0.05, 0) is 44.3 Å². The molecule has 1 saturated heterocycles. The van der Waals surface area contributed by atoms with Crippen LogP contribution < -0.4 is 5.32 Å². The van der Waals surface area contributed by atoms with Crippen LogP contribution in [0.4, 0.5) is 5.82 Å². The molecule has 0 saturated carbocycles. The van der Waals surface area contributed by atoms with E-state index in [0.717, 1.165) is 23.6 Å². The monoisotopic (exact) mass is 287 g/mol. The standard InChI is InChI=1S/C16H25N5/c1-12(2)14-9-15-16(17-6-8-21(15)19-14)18-10-13-5-4-7-20(3)11-13/h6,8-9,12-13H,4-5,7,10-11H2,1-3H3,(H,17,18). The predicted octanol–water partition coefficient (Wildman–Crippen LogP) is 2.61. The minimum Gasteiger partial charge on any atom is -0.368 e. The molecule has 1 fully saturated rings. The first-order valence-corrected chi connectivity index (χ1v) is 7.90. The lowest BCUT2D eigenvalue weighted by molar-refractivity contribution is 0.217. The lowest BCUT2D eigenvalue weighted by atomic mass is 9.98. The number of hydrogen-bond acceptors (Lipinski definition) is 4. The number of anilines is 1. The Morgan fingerprint density at radius 2 is 2.29 bits per heavy atom. The molecule has 1 aliphatic rings. The summed E-state index contributed by atoms with van der Waals surface area (Å²) in [5, 5.41) is 8.14. The number of rotatable bonds is 4. The number of piperidine rings is 1. The van der Waals surface area contributed by atoms with Crippen molar-refractivity contribution in [2.75, 3.05) is 32.0 Å². The summed E-state index contributed by atoms with van der Waals surface area (Å²) < 4.78 is 1.93. The maximum absolute atomic E-state index is 4.61. The van der Waals surface area contributed by atoms with Gasteiger partial charge in [-0.1, -0.05) is 13.8 Å². The molecule has 1 atom stereocenters. The Morgan fingerprint density at radius 3 is 3.05 bits per heavy atom. The smallest absolute Gasteiger partial charge is 0.152 e. The highest BCUT2D eigenvalue weighted by molar-refractivity contribution is 5.67. The quantitative estimate of drug-likeness (QED) is 0.939. The lowest BCUT2D eigenvalue weighted by Gasteiger charge is -2.29. The van der Waals surface area contributed by atoms with Crippen LogP contribution in [0, 0.1) is 5.92 Å². The van der Waals surface area contributed by atoms with Gasteiger partial charge < -0.3 is 10.2 Å². The van der Waals surface area contributed by atoms with Gasteiger partial charge in [-0.25, -0.2) is 9.50 Å². The Balaban J connectivity index is 1.74. The molecule has 5 nitrogen and oxygen atoms in total. The van der Waals surface area contributed by atoms with Crippen molar-refractivity contribution in [3.8, 4) is 0 Å². The number of aromatic nitrogens is 3. The maximum Gasteiger partial charge on any atom is 0.152 e. The van der Waals surface area contributed by atoms with Crippen molar-refractivity contribution in [3.05, 3.63) is 24.2 Å². The molecule has 0 radical (unpaired) electrons. The number of nitrogens with zero attached hydrogens (tertiary/aromatic N) is 4. The third-order valence-corrected chi connectivity index (χ3v) is 4.28. The van der Waals surface area contributed by atoms with Gasteiger partial charge in [0.1, 0.15) is 5.52 Å². The van der Waals surface area contributed by atoms with Gasteiger partial charge in [0.15, 0.2) is 5.82 Å². The van der Waals surface area contributed by atoms with Gasteiger partial charge in [-0.15, -0.1) is 0 Å². The predicted molar refractivity (Wildman–Crippen MR) is 85.8 cm³/mol. The van der Waals surface area contributed by atoms with Gasteiger partial charge in [-0.2, -0.15) is 5.10 Å². The topological polar surface area (TPSA) is 45.5 Å². The fourth-order valence-corrected chi connectivity index (χ4v) is 3.04. The van der Waals surface area contributed by atoms with Crippen molar-refractivity contribution in [3.63, 3.8) is 0 Å². The molecule has 114 valence electrons. The highest BCUT2D eigenvalue weighted by Gasteiger charge is 2.17. The second kappa shape index (κ2) is 6.02. The Bertz CT molecular complexity index is 604. The summed E-state index contributed by atoms with van der Waals surface area (Å²) in [6, 6.07) is 2.15. The van der Waals surface area contributed by atoms with Crippen molar-refractivity contribution < 1.29 is 0 Å². The molecule has 2 aromatic heterocycles. The summed E-state index contributed by atoms with van der Waals surface area (Å²) >= 11 is 0. The molecule has 21 heavy (non-hydrogen) atoms. The molecule has 1 unspecified atom stereocenters. The van der Waals surface area contributed by atoms with Crippen LogP contribution in [0.2, 0.25) is 0 Å². The van der Waals surface area contributed by atoms with E-state index >= 15 is 0 Å². The van der Waals surface area contributed by atoms with E-state index in [2.05, 4.69) is 47.3 Å². The van der Waals surface area contributed by atoms with Gasteiger partial charge in [0.05, 0.1) is 5.69 Å². The fourth-order valence-electron chi connectivity index (χ4n) is 3.04. The zero-order valence-corrected chi connectivity index (χ0v) is 13.2. The molecule has 0 amide bonds. The molecule has 0 spiro atoms. The molecule has 1 aliphatic heterocycles. The molecular weight excluding hydrogens is 262 g/mol. The Morgan fingerprint density at radius 1 is 1.43 bits per heavy atom. The second-order valence-electron chi connectivity index (χ2n) is 6.48. The van der Waals surface area contributed by atoms with E-state index in [4.69, 9.17) is 0 Å². The second-order valence-corrected chi connectivity index (χ2v) is 6.48. The first kappa shape index (κ1) is 14.3. The molecule has 0 aliphatic carbocycles. The molecule has 3 rings (SSSR count). The van der Waals surface area contributed by atoms with Gasteiger partial charge >= 0.3 is 0 Å². The van der Waals surface area contributed by atoms with E-state index in [0.29, 0.717) is 11.8 Å². The van der Waals surface area contributed by atoms with E-state index in [1.165, 1.54) is 25.9 Å². The fraction of sp³-hybridized carbons (Fsp3) is 0.625. The molecule has 0 bridgehead atoms. The minimum absolute atomic E-state index is 0.435. The molecular formula is C16H25N5. The van der Waals surface area contributed by atoms with Crippen LogP contribution in [0.3, 0.4) is 0 Å². The summed E-state index contributed by atoms with van der Waals surface area (Å²) in [6.45, 7) is 7.72. The van der Waals surface area contributed by atoms with Gasteiger partial charge in [0, 0.05) is 25.5 Å². The van der Waals surface area contributed by atoms with E-state index in [9.17, 15) is 0 Å². The van der Waals surface area contributed by atoms with E-state index in [-0.39, 0.29) is 0 Å². The first-order valence-electron chi connectivity index (χ1n) is 7.90. The third kappa shape index (κ3) is 3.18. The SMILES string of the molecule is CC(C)c1cc2c(NCC3CCCN(C)C3)nccn2n1.